The van der Waals surface area contributed by atoms with Crippen molar-refractivity contribution in [3.63, 3.8) is 0 Å². The van der Waals surface area contributed by atoms with E-state index in [1.807, 2.05) is 0 Å². The van der Waals surface area contributed by atoms with Crippen molar-refractivity contribution in [2.45, 2.75) is 66.2 Å². The maximum atomic E-state index is 11.6. The molecule has 0 fully saturated rings. The fourth-order valence-electron chi connectivity index (χ4n) is 2.34. The Morgan fingerprint density at radius 1 is 0.667 bits per heavy atom. The Hall–Kier alpha value is -1.42. The SMILES string of the molecule is CC(C)CCCC(=O)NC(=O)NCCSSCCNC(=O)NC(=O)CCCC(C)C. The summed E-state index contributed by atoms with van der Waals surface area (Å²) in [5.74, 6) is 1.96. The standard InChI is InChI=1S/C20H38N4O4S2/c1-15(2)7-5-9-17(25)23-19(27)21-11-13-29-30-14-12-22-20(28)24-18(26)10-6-8-16(3)4/h15-16H,5-14H2,1-4H3,(H2,21,23,25,27)(H2,22,24,26,28). The third kappa shape index (κ3) is 19.9. The van der Waals surface area contributed by atoms with E-state index in [0.29, 0.717) is 49.3 Å². The van der Waals surface area contributed by atoms with Gasteiger partial charge in [-0.1, -0.05) is 62.1 Å². The molecule has 0 radical (unpaired) electrons. The molecule has 4 N–H and O–H groups in total. The number of imide groups is 2. The lowest BCUT2D eigenvalue weighted by molar-refractivity contribution is -0.121. The highest BCUT2D eigenvalue weighted by atomic mass is 33.1. The number of amides is 6. The predicted octanol–water partition coefficient (Wildman–Crippen LogP) is 3.67. The van der Waals surface area contributed by atoms with E-state index in [-0.39, 0.29) is 11.8 Å². The van der Waals surface area contributed by atoms with Crippen LogP contribution < -0.4 is 21.3 Å². The summed E-state index contributed by atoms with van der Waals surface area (Å²) in [7, 11) is 3.12. The van der Waals surface area contributed by atoms with Crippen molar-refractivity contribution in [3.8, 4) is 0 Å². The van der Waals surface area contributed by atoms with E-state index in [1.165, 1.54) is 0 Å². The van der Waals surface area contributed by atoms with Crippen LogP contribution in [0.5, 0.6) is 0 Å². The second kappa shape index (κ2) is 18.4. The van der Waals surface area contributed by atoms with E-state index in [1.54, 1.807) is 21.6 Å². The molecule has 30 heavy (non-hydrogen) atoms. The molecule has 8 nitrogen and oxygen atoms in total. The maximum Gasteiger partial charge on any atom is 0.321 e. The summed E-state index contributed by atoms with van der Waals surface area (Å²) in [6.45, 7) is 9.29. The van der Waals surface area contributed by atoms with Crippen LogP contribution in [0.2, 0.25) is 0 Å². The number of carbonyl (C=O) groups excluding carboxylic acids is 4. The minimum absolute atomic E-state index is 0.252. The molecular weight excluding hydrogens is 424 g/mol. The minimum atomic E-state index is -0.466. The number of hydrogen-bond donors (Lipinski definition) is 4. The lowest BCUT2D eigenvalue weighted by atomic mass is 10.1. The highest BCUT2D eigenvalue weighted by molar-refractivity contribution is 8.76. The number of carbonyl (C=O) groups is 4. The molecule has 0 rings (SSSR count). The summed E-state index contributed by atoms with van der Waals surface area (Å²) in [4.78, 5) is 46.4. The summed E-state index contributed by atoms with van der Waals surface area (Å²) in [6, 6.07) is -0.932. The average Bonchev–Trinajstić information content (AvgIpc) is 2.63. The van der Waals surface area contributed by atoms with Crippen LogP contribution in [0.15, 0.2) is 0 Å². The van der Waals surface area contributed by atoms with E-state index in [0.717, 1.165) is 25.7 Å². The first-order chi connectivity index (χ1) is 14.2. The first kappa shape index (κ1) is 28.6. The highest BCUT2D eigenvalue weighted by Gasteiger charge is 2.08. The summed E-state index contributed by atoms with van der Waals surface area (Å²) in [6.07, 6.45) is 4.21. The Balaban J connectivity index is 3.54. The molecule has 10 heteroatoms. The molecule has 0 spiro atoms. The Labute approximate surface area is 188 Å². The van der Waals surface area contributed by atoms with Gasteiger partial charge in [-0.05, 0) is 24.7 Å². The zero-order valence-electron chi connectivity index (χ0n) is 18.7. The second-order valence-electron chi connectivity index (χ2n) is 7.82. The van der Waals surface area contributed by atoms with E-state index in [9.17, 15) is 19.2 Å². The third-order valence-electron chi connectivity index (χ3n) is 3.90. The Kier molecular flexibility index (Phi) is 17.5. The zero-order valence-corrected chi connectivity index (χ0v) is 20.3. The molecule has 0 aliphatic carbocycles. The van der Waals surface area contributed by atoms with Gasteiger partial charge >= 0.3 is 12.1 Å². The Morgan fingerprint density at radius 3 is 1.37 bits per heavy atom. The van der Waals surface area contributed by atoms with Crippen molar-refractivity contribution >= 4 is 45.5 Å². The Morgan fingerprint density at radius 2 is 1.03 bits per heavy atom. The number of urea groups is 2. The van der Waals surface area contributed by atoms with Crippen molar-refractivity contribution in [1.82, 2.24) is 21.3 Å². The van der Waals surface area contributed by atoms with Crippen LogP contribution in [-0.2, 0) is 9.59 Å². The van der Waals surface area contributed by atoms with E-state index < -0.39 is 12.1 Å². The smallest absolute Gasteiger partial charge is 0.321 e. The lowest BCUT2D eigenvalue weighted by Gasteiger charge is -2.08. The zero-order chi connectivity index (χ0) is 22.8. The van der Waals surface area contributed by atoms with Gasteiger partial charge in [0.2, 0.25) is 11.8 Å². The van der Waals surface area contributed by atoms with Crippen LogP contribution in [0, 0.1) is 11.8 Å². The van der Waals surface area contributed by atoms with Crippen molar-refractivity contribution < 1.29 is 19.2 Å². The van der Waals surface area contributed by atoms with E-state index in [4.69, 9.17) is 0 Å². The number of nitrogens with one attached hydrogen (secondary N) is 4. The molecule has 6 amide bonds. The molecule has 0 aliphatic rings. The molecule has 0 aromatic carbocycles. The molecule has 0 aromatic heterocycles. The van der Waals surface area contributed by atoms with Crippen LogP contribution in [-0.4, -0.2) is 48.5 Å². The molecule has 0 aromatic rings. The summed E-state index contributed by atoms with van der Waals surface area (Å²) < 4.78 is 0. The van der Waals surface area contributed by atoms with Gasteiger partial charge < -0.3 is 10.6 Å². The topological polar surface area (TPSA) is 116 Å². The molecule has 174 valence electrons. The molecule has 0 unspecified atom stereocenters. The normalized spacial score (nSPS) is 10.7. The largest absolute Gasteiger partial charge is 0.337 e. The predicted molar refractivity (Wildman–Crippen MR) is 125 cm³/mol. The summed E-state index contributed by atoms with van der Waals surface area (Å²) >= 11 is 0. The van der Waals surface area contributed by atoms with Gasteiger partial charge in [-0.3, -0.25) is 20.2 Å². The fourth-order valence-corrected chi connectivity index (χ4v) is 4.15. The third-order valence-corrected chi connectivity index (χ3v) is 6.31. The van der Waals surface area contributed by atoms with Gasteiger partial charge in [0.05, 0.1) is 0 Å². The van der Waals surface area contributed by atoms with Crippen molar-refractivity contribution in [2.24, 2.45) is 11.8 Å². The van der Waals surface area contributed by atoms with Gasteiger partial charge in [0.15, 0.2) is 0 Å². The molecule has 0 heterocycles. The first-order valence-corrected chi connectivity index (χ1v) is 13.1. The van der Waals surface area contributed by atoms with Crippen LogP contribution >= 0.6 is 21.6 Å². The van der Waals surface area contributed by atoms with Crippen molar-refractivity contribution in [2.75, 3.05) is 24.6 Å². The van der Waals surface area contributed by atoms with Gasteiger partial charge in [-0.25, -0.2) is 9.59 Å². The monoisotopic (exact) mass is 462 g/mol. The molecule has 0 aliphatic heterocycles. The fraction of sp³-hybridized carbons (Fsp3) is 0.800. The van der Waals surface area contributed by atoms with Crippen LogP contribution in [0.25, 0.3) is 0 Å². The van der Waals surface area contributed by atoms with Gasteiger partial charge in [0.1, 0.15) is 0 Å². The maximum absolute atomic E-state index is 11.6. The van der Waals surface area contributed by atoms with E-state index in [2.05, 4.69) is 49.0 Å². The number of hydrogen-bond acceptors (Lipinski definition) is 6. The molecule has 0 atom stereocenters. The van der Waals surface area contributed by atoms with Gasteiger partial charge in [-0.2, -0.15) is 0 Å². The minimum Gasteiger partial charge on any atom is -0.337 e. The highest BCUT2D eigenvalue weighted by Crippen LogP contribution is 2.19. The van der Waals surface area contributed by atoms with Gasteiger partial charge in [0.25, 0.3) is 0 Å². The molecule has 0 saturated carbocycles. The molecule has 0 bridgehead atoms. The molecule has 0 saturated heterocycles. The van der Waals surface area contributed by atoms with Crippen molar-refractivity contribution in [1.29, 1.82) is 0 Å². The van der Waals surface area contributed by atoms with Gasteiger partial charge in [-0.15, -0.1) is 0 Å². The van der Waals surface area contributed by atoms with Crippen LogP contribution in [0.3, 0.4) is 0 Å². The Bertz CT molecular complexity index is 485. The van der Waals surface area contributed by atoms with Crippen LogP contribution in [0.1, 0.15) is 66.2 Å². The van der Waals surface area contributed by atoms with Gasteiger partial charge in [0, 0.05) is 37.4 Å². The quantitative estimate of drug-likeness (QED) is 0.218. The number of rotatable bonds is 15. The second-order valence-corrected chi connectivity index (χ2v) is 10.5. The van der Waals surface area contributed by atoms with Crippen molar-refractivity contribution in [3.05, 3.63) is 0 Å². The summed E-state index contributed by atoms with van der Waals surface area (Å²) in [5.41, 5.74) is 0. The summed E-state index contributed by atoms with van der Waals surface area (Å²) in [5, 5.41) is 9.94. The van der Waals surface area contributed by atoms with E-state index >= 15 is 0 Å². The van der Waals surface area contributed by atoms with Crippen LogP contribution in [0.4, 0.5) is 9.59 Å². The first-order valence-electron chi connectivity index (χ1n) is 10.6. The lowest BCUT2D eigenvalue weighted by Crippen LogP contribution is -2.40. The molecular formula is C20H38N4O4S2. The average molecular weight is 463 g/mol.